The van der Waals surface area contributed by atoms with E-state index < -0.39 is 17.0 Å². The fourth-order valence-electron chi connectivity index (χ4n) is 3.95. The van der Waals surface area contributed by atoms with E-state index >= 15 is 0 Å². The second-order valence-electron chi connectivity index (χ2n) is 7.61. The van der Waals surface area contributed by atoms with Crippen molar-refractivity contribution in [2.45, 2.75) is 26.4 Å². The van der Waals surface area contributed by atoms with Crippen LogP contribution in [-0.2, 0) is 17.9 Å². The number of amides is 1. The lowest BCUT2D eigenvalue weighted by atomic mass is 9.79. The number of hydrogen-bond donors (Lipinski definition) is 0. The molecule has 1 unspecified atom stereocenters. The van der Waals surface area contributed by atoms with Crippen molar-refractivity contribution in [2.75, 3.05) is 13.1 Å². The van der Waals surface area contributed by atoms with E-state index in [1.807, 2.05) is 19.1 Å². The van der Waals surface area contributed by atoms with E-state index in [0.717, 1.165) is 17.3 Å². The summed E-state index contributed by atoms with van der Waals surface area (Å²) in [7, 11) is 0. The van der Waals surface area contributed by atoms with Crippen LogP contribution >= 0.6 is 11.6 Å². The molecule has 2 heterocycles. The van der Waals surface area contributed by atoms with E-state index in [0.29, 0.717) is 43.2 Å². The Morgan fingerprint density at radius 3 is 2.43 bits per heavy atom. The molecule has 0 bridgehead atoms. The first-order chi connectivity index (χ1) is 13.3. The highest BCUT2D eigenvalue weighted by Gasteiger charge is 2.49. The first kappa shape index (κ1) is 19.0. The monoisotopic (exact) mass is 403 g/mol. The van der Waals surface area contributed by atoms with Gasteiger partial charge < -0.3 is 0 Å². The topological polar surface area (TPSA) is 35.9 Å². The number of likely N-dealkylation sites (tertiary alicyclic amines) is 1. The molecule has 1 amide bonds. The first-order valence-electron chi connectivity index (χ1n) is 9.15. The highest BCUT2D eigenvalue weighted by Crippen LogP contribution is 2.36. The molecular formula is C21H20ClF2N3O. The molecule has 2 aliphatic rings. The van der Waals surface area contributed by atoms with Crippen LogP contribution in [0.4, 0.5) is 8.78 Å². The molecule has 1 fully saturated rings. The van der Waals surface area contributed by atoms with E-state index in [-0.39, 0.29) is 5.91 Å². The molecule has 1 atom stereocenters. The molecule has 28 heavy (non-hydrogen) atoms. The predicted molar refractivity (Wildman–Crippen MR) is 104 cm³/mol. The van der Waals surface area contributed by atoms with Gasteiger partial charge in [0.1, 0.15) is 17.0 Å². The van der Waals surface area contributed by atoms with Crippen molar-refractivity contribution >= 4 is 23.2 Å². The van der Waals surface area contributed by atoms with Gasteiger partial charge in [0, 0.05) is 37.1 Å². The zero-order chi connectivity index (χ0) is 19.9. The molecule has 146 valence electrons. The Morgan fingerprint density at radius 2 is 1.75 bits per heavy atom. The molecule has 0 saturated carbocycles. The third-order valence-corrected chi connectivity index (χ3v) is 5.62. The summed E-state index contributed by atoms with van der Waals surface area (Å²) in [5.74, 6) is -1.23. The van der Waals surface area contributed by atoms with Crippen LogP contribution in [0.1, 0.15) is 24.5 Å². The Balaban J connectivity index is 1.48. The fraction of sp³-hybridized carbons (Fsp3) is 0.333. The SMILES string of the molecule is CC12CN(Cc3cc(F)cc(F)c3)CCC1=NN(Cc1ccc(Cl)cc1)C2=O. The van der Waals surface area contributed by atoms with Crippen LogP contribution in [-0.4, -0.2) is 34.6 Å². The van der Waals surface area contributed by atoms with Gasteiger partial charge in [-0.15, -0.1) is 0 Å². The lowest BCUT2D eigenvalue weighted by Gasteiger charge is -2.37. The number of piperidine rings is 1. The average Bonchev–Trinajstić information content (AvgIpc) is 2.87. The van der Waals surface area contributed by atoms with Crippen molar-refractivity contribution in [1.29, 1.82) is 0 Å². The molecule has 1 saturated heterocycles. The first-order valence-corrected chi connectivity index (χ1v) is 9.53. The van der Waals surface area contributed by atoms with Crippen molar-refractivity contribution in [3.05, 3.63) is 70.2 Å². The third kappa shape index (κ3) is 3.66. The van der Waals surface area contributed by atoms with Crippen LogP contribution in [0.3, 0.4) is 0 Å². The zero-order valence-corrected chi connectivity index (χ0v) is 16.2. The maximum absolute atomic E-state index is 13.5. The van der Waals surface area contributed by atoms with E-state index in [4.69, 9.17) is 11.6 Å². The summed E-state index contributed by atoms with van der Waals surface area (Å²) < 4.78 is 26.9. The Hall–Kier alpha value is -2.31. The normalized spacial score (nSPS) is 22.4. The van der Waals surface area contributed by atoms with E-state index in [1.165, 1.54) is 17.1 Å². The molecule has 2 aliphatic heterocycles. The molecule has 0 aromatic heterocycles. The lowest BCUT2D eigenvalue weighted by Crippen LogP contribution is -2.50. The molecule has 4 nitrogen and oxygen atoms in total. The van der Waals surface area contributed by atoms with Gasteiger partial charge in [-0.2, -0.15) is 5.10 Å². The second kappa shape index (κ2) is 7.26. The van der Waals surface area contributed by atoms with Crippen molar-refractivity contribution < 1.29 is 13.6 Å². The quantitative estimate of drug-likeness (QED) is 0.766. The molecule has 0 radical (unpaired) electrons. The van der Waals surface area contributed by atoms with Crippen LogP contribution in [0.2, 0.25) is 5.02 Å². The maximum Gasteiger partial charge on any atom is 0.255 e. The summed E-state index contributed by atoms with van der Waals surface area (Å²) in [6.45, 7) is 3.84. The van der Waals surface area contributed by atoms with Gasteiger partial charge in [0.05, 0.1) is 12.3 Å². The minimum atomic E-state index is -0.712. The van der Waals surface area contributed by atoms with E-state index in [9.17, 15) is 13.6 Å². The zero-order valence-electron chi connectivity index (χ0n) is 15.5. The van der Waals surface area contributed by atoms with Gasteiger partial charge in [-0.3, -0.25) is 9.69 Å². The summed E-state index contributed by atoms with van der Waals surface area (Å²) in [5, 5.41) is 6.74. The number of halogens is 3. The number of carbonyl (C=O) groups excluding carboxylic acids is 1. The third-order valence-electron chi connectivity index (χ3n) is 5.36. The Morgan fingerprint density at radius 1 is 1.07 bits per heavy atom. The standard InChI is InChI=1S/C21H20ClF2N3O/c1-21-13-26(11-15-8-17(23)10-18(24)9-15)7-6-19(21)25-27(20(21)28)12-14-2-4-16(22)5-3-14/h2-5,8-10H,6-7,11-13H2,1H3. The van der Waals surface area contributed by atoms with Gasteiger partial charge in [-0.1, -0.05) is 23.7 Å². The van der Waals surface area contributed by atoms with Crippen LogP contribution in [0.5, 0.6) is 0 Å². The summed E-state index contributed by atoms with van der Waals surface area (Å²) >= 11 is 5.92. The van der Waals surface area contributed by atoms with Gasteiger partial charge in [0.15, 0.2) is 0 Å². The van der Waals surface area contributed by atoms with Crippen LogP contribution in [0.25, 0.3) is 0 Å². The minimum Gasteiger partial charge on any atom is -0.297 e. The van der Waals surface area contributed by atoms with Gasteiger partial charge >= 0.3 is 0 Å². The number of hydrogen-bond acceptors (Lipinski definition) is 3. The number of benzene rings is 2. The second-order valence-corrected chi connectivity index (χ2v) is 8.04. The summed E-state index contributed by atoms with van der Waals surface area (Å²) in [4.78, 5) is 15.1. The summed E-state index contributed by atoms with van der Waals surface area (Å²) in [6.07, 6.45) is 0.650. The summed E-state index contributed by atoms with van der Waals surface area (Å²) in [6, 6.07) is 10.9. The van der Waals surface area contributed by atoms with Gasteiger partial charge in [0.2, 0.25) is 0 Å². The molecule has 0 spiro atoms. The molecule has 2 aromatic rings. The average molecular weight is 404 g/mol. The van der Waals surface area contributed by atoms with Crippen molar-refractivity contribution in [3.63, 3.8) is 0 Å². The summed E-state index contributed by atoms with van der Waals surface area (Å²) in [5.41, 5.74) is 1.67. The number of hydrazone groups is 1. The minimum absolute atomic E-state index is 0.0485. The Bertz CT molecular complexity index is 927. The fourth-order valence-corrected chi connectivity index (χ4v) is 4.08. The lowest BCUT2D eigenvalue weighted by molar-refractivity contribution is -0.137. The van der Waals surface area contributed by atoms with Crippen LogP contribution < -0.4 is 0 Å². The van der Waals surface area contributed by atoms with Gasteiger partial charge in [-0.25, -0.2) is 13.8 Å². The number of rotatable bonds is 4. The van der Waals surface area contributed by atoms with Gasteiger partial charge in [0.25, 0.3) is 5.91 Å². The molecule has 4 rings (SSSR count). The van der Waals surface area contributed by atoms with Gasteiger partial charge in [-0.05, 0) is 42.3 Å². The molecule has 2 aromatic carbocycles. The Kier molecular flexibility index (Phi) is 4.93. The van der Waals surface area contributed by atoms with Crippen molar-refractivity contribution in [3.8, 4) is 0 Å². The number of fused-ring (bicyclic) bond motifs is 1. The van der Waals surface area contributed by atoms with Crippen LogP contribution in [0.15, 0.2) is 47.6 Å². The highest BCUT2D eigenvalue weighted by molar-refractivity contribution is 6.30. The van der Waals surface area contributed by atoms with E-state index in [1.54, 1.807) is 12.1 Å². The van der Waals surface area contributed by atoms with Crippen molar-refractivity contribution in [1.82, 2.24) is 9.91 Å². The molecule has 0 aliphatic carbocycles. The maximum atomic E-state index is 13.5. The van der Waals surface area contributed by atoms with Crippen molar-refractivity contribution in [2.24, 2.45) is 10.5 Å². The highest BCUT2D eigenvalue weighted by atomic mass is 35.5. The Labute approximate surface area is 167 Å². The molecule has 0 N–H and O–H groups in total. The van der Waals surface area contributed by atoms with Crippen LogP contribution in [0, 0.1) is 17.0 Å². The largest absolute Gasteiger partial charge is 0.297 e. The molecular weight excluding hydrogens is 384 g/mol. The smallest absolute Gasteiger partial charge is 0.255 e. The number of carbonyl (C=O) groups is 1. The molecule has 7 heteroatoms. The number of nitrogens with zero attached hydrogens (tertiary/aromatic N) is 3. The predicted octanol–water partition coefficient (Wildman–Crippen LogP) is 4.23. The van der Waals surface area contributed by atoms with E-state index in [2.05, 4.69) is 10.0 Å².